The molecule has 3 nitrogen and oxygen atoms in total. The van der Waals surface area contributed by atoms with E-state index in [2.05, 4.69) is 20.8 Å². The number of fused-ring (bicyclic) bond motifs is 1. The zero-order valence-electron chi connectivity index (χ0n) is 10.8. The molecule has 0 saturated carbocycles. The van der Waals surface area contributed by atoms with Crippen LogP contribution in [0.4, 0.5) is 0 Å². The number of benzene rings is 1. The molecule has 17 heavy (non-hydrogen) atoms. The molecular weight excluding hydrogens is 214 g/mol. The van der Waals surface area contributed by atoms with Crippen molar-refractivity contribution in [3.63, 3.8) is 0 Å². The molecule has 0 amide bonds. The molecule has 1 aromatic carbocycles. The fourth-order valence-electron chi connectivity index (χ4n) is 2.70. The minimum atomic E-state index is -0.177. The Bertz CT molecular complexity index is 416. The third-order valence-corrected chi connectivity index (χ3v) is 4.05. The molecule has 1 unspecified atom stereocenters. The smallest absolute Gasteiger partial charge is 0.343 e. The molecule has 1 atom stereocenters. The third-order valence-electron chi connectivity index (χ3n) is 4.05. The van der Waals surface area contributed by atoms with Crippen molar-refractivity contribution in [2.24, 2.45) is 0 Å². The van der Waals surface area contributed by atoms with Crippen LogP contribution in [0.2, 0.25) is 0 Å². The molecule has 0 aromatic heterocycles. The average Bonchev–Trinajstić information content (AvgIpc) is 2.72. The maximum Gasteiger partial charge on any atom is 0.343 e. The van der Waals surface area contributed by atoms with Crippen molar-refractivity contribution in [3.8, 4) is 0 Å². The summed E-state index contributed by atoms with van der Waals surface area (Å²) >= 11 is 0. The van der Waals surface area contributed by atoms with E-state index >= 15 is 0 Å². The maximum atomic E-state index is 11.8. The molecular formula is C14H20NO2+. The second-order valence-electron chi connectivity index (χ2n) is 4.51. The number of esters is 1. The van der Waals surface area contributed by atoms with Gasteiger partial charge in [-0.05, 0) is 32.9 Å². The van der Waals surface area contributed by atoms with Crippen LogP contribution in [-0.2, 0) is 4.74 Å². The summed E-state index contributed by atoms with van der Waals surface area (Å²) in [5, 5.41) is 0. The lowest BCUT2D eigenvalue weighted by Gasteiger charge is -2.39. The van der Waals surface area contributed by atoms with Gasteiger partial charge in [-0.2, -0.15) is 0 Å². The van der Waals surface area contributed by atoms with Crippen LogP contribution >= 0.6 is 0 Å². The van der Waals surface area contributed by atoms with Gasteiger partial charge in [0, 0.05) is 0 Å². The summed E-state index contributed by atoms with van der Waals surface area (Å²) in [5.74, 6) is -0.177. The summed E-state index contributed by atoms with van der Waals surface area (Å²) in [6, 6.07) is 7.73. The quantitative estimate of drug-likeness (QED) is 0.591. The molecule has 92 valence electrons. The highest BCUT2D eigenvalue weighted by Crippen LogP contribution is 2.37. The number of carbonyl (C=O) groups excluding carboxylic acids is 1. The van der Waals surface area contributed by atoms with Crippen molar-refractivity contribution >= 4 is 5.97 Å². The van der Waals surface area contributed by atoms with Gasteiger partial charge in [-0.15, -0.1) is 0 Å². The van der Waals surface area contributed by atoms with Gasteiger partial charge in [0.1, 0.15) is 0 Å². The summed E-state index contributed by atoms with van der Waals surface area (Å²) in [4.78, 5) is 11.8. The molecule has 0 saturated heterocycles. The number of nitrogens with zero attached hydrogens (tertiary/aromatic N) is 1. The Balaban J connectivity index is 2.46. The fraction of sp³-hybridized carbons (Fsp3) is 0.500. The number of rotatable bonds is 4. The summed E-state index contributed by atoms with van der Waals surface area (Å²) < 4.78 is 6.41. The molecule has 1 aliphatic heterocycles. The second kappa shape index (κ2) is 4.49. The first-order chi connectivity index (χ1) is 8.18. The van der Waals surface area contributed by atoms with Gasteiger partial charge in [0.2, 0.25) is 0 Å². The van der Waals surface area contributed by atoms with Crippen molar-refractivity contribution in [2.75, 3.05) is 19.6 Å². The van der Waals surface area contributed by atoms with Crippen LogP contribution < -0.4 is 0 Å². The Labute approximate surface area is 103 Å². The maximum absolute atomic E-state index is 11.8. The predicted molar refractivity (Wildman–Crippen MR) is 66.5 cm³/mol. The second-order valence-corrected chi connectivity index (χ2v) is 4.51. The van der Waals surface area contributed by atoms with E-state index < -0.39 is 0 Å². The molecule has 0 aliphatic carbocycles. The molecule has 1 heterocycles. The van der Waals surface area contributed by atoms with Crippen LogP contribution in [0.15, 0.2) is 24.3 Å². The molecule has 3 heteroatoms. The summed E-state index contributed by atoms with van der Waals surface area (Å²) in [5.41, 5.74) is 1.78. The van der Waals surface area contributed by atoms with Crippen molar-refractivity contribution in [1.29, 1.82) is 0 Å². The normalized spacial score (nSPS) is 19.0. The standard InChI is InChI=1S/C14H20NO2/c1-4-15(5-2,6-3)13-11-9-7-8-10-12(11)14(16)17-13/h7-10,13H,4-6H2,1-3H3/q+1. The van der Waals surface area contributed by atoms with Crippen molar-refractivity contribution < 1.29 is 14.0 Å². The van der Waals surface area contributed by atoms with E-state index in [9.17, 15) is 4.79 Å². The Hall–Kier alpha value is -1.35. The topological polar surface area (TPSA) is 26.3 Å². The number of ether oxygens (including phenoxy) is 1. The summed E-state index contributed by atoms with van der Waals surface area (Å²) in [6.07, 6.45) is -0.126. The minimum Gasteiger partial charge on any atom is -0.404 e. The molecule has 0 bridgehead atoms. The number of cyclic esters (lactones) is 1. The minimum absolute atomic E-state index is 0.126. The van der Waals surface area contributed by atoms with Crippen molar-refractivity contribution in [3.05, 3.63) is 35.4 Å². The Kier molecular flexibility index (Phi) is 3.20. The molecule has 1 aliphatic rings. The van der Waals surface area contributed by atoms with Crippen LogP contribution in [0.3, 0.4) is 0 Å². The van der Waals surface area contributed by atoms with E-state index in [0.29, 0.717) is 0 Å². The molecule has 0 radical (unpaired) electrons. The van der Waals surface area contributed by atoms with Crippen LogP contribution in [0.1, 0.15) is 42.9 Å². The van der Waals surface area contributed by atoms with E-state index in [4.69, 9.17) is 4.74 Å². The Morgan fingerprint density at radius 1 is 1.12 bits per heavy atom. The lowest BCUT2D eigenvalue weighted by molar-refractivity contribution is -0.970. The van der Waals surface area contributed by atoms with Crippen LogP contribution in [0.25, 0.3) is 0 Å². The van der Waals surface area contributed by atoms with Crippen molar-refractivity contribution in [2.45, 2.75) is 27.0 Å². The van der Waals surface area contributed by atoms with E-state index in [0.717, 1.165) is 35.2 Å². The zero-order chi connectivity index (χ0) is 12.5. The lowest BCUT2D eigenvalue weighted by atomic mass is 10.1. The molecule has 0 spiro atoms. The highest BCUT2D eigenvalue weighted by atomic mass is 16.6. The highest BCUT2D eigenvalue weighted by Gasteiger charge is 2.43. The Morgan fingerprint density at radius 3 is 2.29 bits per heavy atom. The largest absolute Gasteiger partial charge is 0.404 e. The molecule has 0 fully saturated rings. The van der Waals surface area contributed by atoms with Gasteiger partial charge in [0.05, 0.1) is 30.8 Å². The van der Waals surface area contributed by atoms with Gasteiger partial charge >= 0.3 is 5.97 Å². The molecule has 0 N–H and O–H groups in total. The lowest BCUT2D eigenvalue weighted by Crippen LogP contribution is -2.50. The molecule has 2 rings (SSSR count). The van der Waals surface area contributed by atoms with E-state index in [1.165, 1.54) is 0 Å². The van der Waals surface area contributed by atoms with Gasteiger partial charge in [-0.1, -0.05) is 12.1 Å². The highest BCUT2D eigenvalue weighted by molar-refractivity contribution is 5.93. The van der Waals surface area contributed by atoms with Crippen LogP contribution in [-0.4, -0.2) is 30.1 Å². The van der Waals surface area contributed by atoms with Gasteiger partial charge in [0.25, 0.3) is 6.23 Å². The number of quaternary nitrogens is 1. The monoisotopic (exact) mass is 234 g/mol. The number of carbonyl (C=O) groups is 1. The van der Waals surface area contributed by atoms with E-state index in [-0.39, 0.29) is 12.2 Å². The van der Waals surface area contributed by atoms with Gasteiger partial charge < -0.3 is 4.74 Å². The molecule has 1 aromatic rings. The first-order valence-corrected chi connectivity index (χ1v) is 6.34. The third kappa shape index (κ3) is 1.75. The van der Waals surface area contributed by atoms with Gasteiger partial charge in [-0.25, -0.2) is 4.79 Å². The summed E-state index contributed by atoms with van der Waals surface area (Å²) in [6.45, 7) is 9.38. The zero-order valence-corrected chi connectivity index (χ0v) is 10.8. The fourth-order valence-corrected chi connectivity index (χ4v) is 2.70. The average molecular weight is 234 g/mol. The Morgan fingerprint density at radius 2 is 1.71 bits per heavy atom. The van der Waals surface area contributed by atoms with Crippen LogP contribution in [0.5, 0.6) is 0 Å². The first-order valence-electron chi connectivity index (χ1n) is 6.34. The van der Waals surface area contributed by atoms with Gasteiger partial charge in [-0.3, -0.25) is 4.48 Å². The SMILES string of the molecule is CC[N+](CC)(CC)C1OC(=O)c2ccccc21. The number of hydrogen-bond acceptors (Lipinski definition) is 2. The number of hydrogen-bond donors (Lipinski definition) is 0. The first kappa shape index (κ1) is 12.1. The summed E-state index contributed by atoms with van der Waals surface area (Å²) in [7, 11) is 0. The van der Waals surface area contributed by atoms with Crippen molar-refractivity contribution in [1.82, 2.24) is 0 Å². The van der Waals surface area contributed by atoms with E-state index in [1.54, 1.807) is 0 Å². The van der Waals surface area contributed by atoms with Gasteiger partial charge in [0.15, 0.2) is 0 Å². The van der Waals surface area contributed by atoms with Crippen LogP contribution in [0, 0.1) is 0 Å². The predicted octanol–water partition coefficient (Wildman–Crippen LogP) is 2.73. The van der Waals surface area contributed by atoms with E-state index in [1.807, 2.05) is 24.3 Å².